The standard InChI is InChI=1S/C45H50F2N10O4/c1-27-36(7-4-8-37(27)56-18-12-42(59)49-45(56)60)54-23-31(24-54)51-15-9-30(10-16-51)57-38-11-17-52(28(2)58)25-35(38)44(50-57)55-14-5-6-29-20-32(34(43(46)47)21-39(29)55)33-22-41-48-13-19-53(41)26-40(33)61-3/h4,7-8,13,19-22,26,30-31,43H,5-6,9-12,14-18,23-25H2,1-3H3,(H,49,59,60). The van der Waals surface area contributed by atoms with Crippen molar-refractivity contribution in [2.45, 2.75) is 77.4 Å². The summed E-state index contributed by atoms with van der Waals surface area (Å²) in [6.07, 6.45) is 6.89. The number of amides is 4. The second kappa shape index (κ2) is 15.5. The molecule has 5 aromatic rings. The van der Waals surface area contributed by atoms with Gasteiger partial charge in [0.1, 0.15) is 11.4 Å². The Bertz CT molecular complexity index is 2560. The molecule has 2 aromatic carbocycles. The van der Waals surface area contributed by atoms with Gasteiger partial charge in [0, 0.05) is 118 Å². The molecule has 318 valence electrons. The van der Waals surface area contributed by atoms with E-state index in [1.807, 2.05) is 34.4 Å². The maximum atomic E-state index is 15.1. The summed E-state index contributed by atoms with van der Waals surface area (Å²) in [5.74, 6) is 1.01. The monoisotopic (exact) mass is 832 g/mol. The first-order valence-corrected chi connectivity index (χ1v) is 21.4. The number of hydrogen-bond acceptors (Lipinski definition) is 9. The Balaban J connectivity index is 0.896. The number of aryl methyl sites for hydroxylation is 1. The number of anilines is 4. The zero-order valence-electron chi connectivity index (χ0n) is 34.7. The summed E-state index contributed by atoms with van der Waals surface area (Å²) in [6, 6.07) is 11.6. The van der Waals surface area contributed by atoms with Crippen molar-refractivity contribution in [2.24, 2.45) is 0 Å². The molecule has 5 aliphatic heterocycles. The molecule has 0 radical (unpaired) electrons. The first-order valence-electron chi connectivity index (χ1n) is 21.4. The number of piperidine rings is 1. The Kier molecular flexibility index (Phi) is 9.92. The molecular weight excluding hydrogens is 783 g/mol. The minimum atomic E-state index is -2.73. The number of imide groups is 1. The van der Waals surface area contributed by atoms with Gasteiger partial charge in [0.2, 0.25) is 11.8 Å². The third-order valence-corrected chi connectivity index (χ3v) is 13.6. The van der Waals surface area contributed by atoms with E-state index < -0.39 is 6.43 Å². The number of rotatable bonds is 8. The Morgan fingerprint density at radius 1 is 0.918 bits per heavy atom. The van der Waals surface area contributed by atoms with Gasteiger partial charge in [-0.25, -0.2) is 18.6 Å². The number of benzene rings is 2. The molecule has 14 nitrogen and oxygen atoms in total. The number of fused-ring (bicyclic) bond motifs is 3. The second-order valence-corrected chi connectivity index (χ2v) is 17.0. The Morgan fingerprint density at radius 3 is 2.48 bits per heavy atom. The van der Waals surface area contributed by atoms with Crippen LogP contribution in [0.25, 0.3) is 16.8 Å². The van der Waals surface area contributed by atoms with Crippen molar-refractivity contribution in [2.75, 3.05) is 67.6 Å². The van der Waals surface area contributed by atoms with Crippen molar-refractivity contribution < 1.29 is 27.9 Å². The number of carbonyl (C=O) groups is 3. The fourth-order valence-electron chi connectivity index (χ4n) is 10.2. The summed E-state index contributed by atoms with van der Waals surface area (Å²) < 4.78 is 40.0. The van der Waals surface area contributed by atoms with Gasteiger partial charge in [-0.2, -0.15) is 5.10 Å². The summed E-state index contributed by atoms with van der Waals surface area (Å²) >= 11 is 0. The van der Waals surface area contributed by atoms with Gasteiger partial charge in [-0.1, -0.05) is 6.07 Å². The zero-order valence-corrected chi connectivity index (χ0v) is 34.7. The summed E-state index contributed by atoms with van der Waals surface area (Å²) in [6.45, 7) is 9.33. The van der Waals surface area contributed by atoms with E-state index in [9.17, 15) is 14.4 Å². The number of carbonyl (C=O) groups excluding carboxylic acids is 3. The molecule has 4 amide bonds. The number of likely N-dealkylation sites (tertiary alicyclic amines) is 1. The van der Waals surface area contributed by atoms with Gasteiger partial charge in [0.05, 0.1) is 31.6 Å². The van der Waals surface area contributed by atoms with E-state index in [-0.39, 0.29) is 35.9 Å². The number of nitrogens with one attached hydrogen (secondary N) is 1. The highest BCUT2D eigenvalue weighted by Gasteiger charge is 2.39. The molecule has 0 aliphatic carbocycles. The van der Waals surface area contributed by atoms with Gasteiger partial charge < -0.3 is 23.8 Å². The molecule has 8 heterocycles. The van der Waals surface area contributed by atoms with E-state index in [0.717, 1.165) is 97.1 Å². The van der Waals surface area contributed by atoms with Crippen LogP contribution in [0.2, 0.25) is 0 Å². The summed E-state index contributed by atoms with van der Waals surface area (Å²) in [7, 11) is 1.55. The summed E-state index contributed by atoms with van der Waals surface area (Å²) in [4.78, 5) is 52.1. The van der Waals surface area contributed by atoms with E-state index in [0.29, 0.717) is 61.2 Å². The average molecular weight is 833 g/mol. The minimum Gasteiger partial charge on any atom is -0.495 e. The van der Waals surface area contributed by atoms with Crippen molar-refractivity contribution in [3.63, 3.8) is 0 Å². The van der Waals surface area contributed by atoms with E-state index in [1.165, 1.54) is 0 Å². The molecule has 10 rings (SSSR count). The van der Waals surface area contributed by atoms with Gasteiger partial charge in [0.15, 0.2) is 5.82 Å². The van der Waals surface area contributed by atoms with Crippen molar-refractivity contribution in [3.05, 3.63) is 82.9 Å². The quantitative estimate of drug-likeness (QED) is 0.189. The molecule has 16 heteroatoms. The number of ether oxygens (including phenoxy) is 1. The van der Waals surface area contributed by atoms with Crippen LogP contribution in [0, 0.1) is 6.92 Å². The number of aromatic nitrogens is 4. The molecule has 3 aromatic heterocycles. The van der Waals surface area contributed by atoms with Crippen LogP contribution in [-0.4, -0.2) is 106 Å². The number of methoxy groups -OCH3 is 1. The van der Waals surface area contributed by atoms with Crippen LogP contribution in [0.15, 0.2) is 55.0 Å². The lowest BCUT2D eigenvalue weighted by Crippen LogP contribution is -2.61. The van der Waals surface area contributed by atoms with Gasteiger partial charge in [0.25, 0.3) is 6.43 Å². The first-order chi connectivity index (χ1) is 29.6. The van der Waals surface area contributed by atoms with E-state index in [1.54, 1.807) is 49.7 Å². The molecule has 61 heavy (non-hydrogen) atoms. The fraction of sp³-hybridized carbons (Fsp3) is 0.444. The maximum absolute atomic E-state index is 15.1. The second-order valence-electron chi connectivity index (χ2n) is 17.0. The zero-order chi connectivity index (χ0) is 42.1. The Hall–Kier alpha value is -6.03. The van der Waals surface area contributed by atoms with Crippen molar-refractivity contribution in [1.82, 2.24) is 34.3 Å². The normalized spacial score (nSPS) is 19.0. The third kappa shape index (κ3) is 6.84. The van der Waals surface area contributed by atoms with Crippen LogP contribution in [0.5, 0.6) is 5.75 Å². The first kappa shape index (κ1) is 39.1. The van der Waals surface area contributed by atoms with Crippen LogP contribution >= 0.6 is 0 Å². The highest BCUT2D eigenvalue weighted by molar-refractivity contribution is 6.06. The van der Waals surface area contributed by atoms with Crippen LogP contribution in [0.1, 0.15) is 73.0 Å². The number of pyridine rings is 1. The van der Waals surface area contributed by atoms with Crippen LogP contribution in [0.4, 0.5) is 36.5 Å². The molecule has 0 spiro atoms. The van der Waals surface area contributed by atoms with Gasteiger partial charge in [-0.05, 0) is 79.6 Å². The van der Waals surface area contributed by atoms with E-state index in [2.05, 4.69) is 35.7 Å². The van der Waals surface area contributed by atoms with E-state index >= 15 is 8.78 Å². The predicted molar refractivity (Wildman–Crippen MR) is 227 cm³/mol. The highest BCUT2D eigenvalue weighted by Crippen LogP contribution is 2.46. The van der Waals surface area contributed by atoms with Crippen LogP contribution < -0.4 is 24.8 Å². The van der Waals surface area contributed by atoms with Crippen molar-refractivity contribution in [3.8, 4) is 16.9 Å². The largest absolute Gasteiger partial charge is 0.495 e. The van der Waals surface area contributed by atoms with Crippen molar-refractivity contribution in [1.29, 1.82) is 0 Å². The summed E-state index contributed by atoms with van der Waals surface area (Å²) in [5.41, 5.74) is 8.39. The highest BCUT2D eigenvalue weighted by atomic mass is 19.3. The molecule has 0 bridgehead atoms. The smallest absolute Gasteiger partial charge is 0.328 e. The average Bonchev–Trinajstić information content (AvgIpc) is 3.87. The lowest BCUT2D eigenvalue weighted by Gasteiger charge is -2.49. The number of halogens is 2. The lowest BCUT2D eigenvalue weighted by molar-refractivity contribution is -0.129. The van der Waals surface area contributed by atoms with Crippen LogP contribution in [0.3, 0.4) is 0 Å². The minimum absolute atomic E-state index is 0.00895. The Morgan fingerprint density at radius 2 is 1.72 bits per heavy atom. The molecule has 3 fully saturated rings. The number of imidazole rings is 1. The number of hydrogen-bond donors (Lipinski definition) is 1. The molecule has 3 saturated heterocycles. The Labute approximate surface area is 352 Å². The fourth-order valence-corrected chi connectivity index (χ4v) is 10.2. The molecule has 1 N–H and O–H groups in total. The molecule has 5 aliphatic rings. The number of alkyl halides is 2. The summed E-state index contributed by atoms with van der Waals surface area (Å²) in [5, 5.41) is 7.81. The van der Waals surface area contributed by atoms with Gasteiger partial charge >= 0.3 is 6.03 Å². The number of urea groups is 1. The van der Waals surface area contributed by atoms with Gasteiger partial charge in [-0.3, -0.25) is 29.4 Å². The molecule has 0 atom stereocenters. The molecule has 0 saturated carbocycles. The molecular formula is C45H50F2N10O4. The third-order valence-electron chi connectivity index (χ3n) is 13.6. The maximum Gasteiger partial charge on any atom is 0.328 e. The SMILES string of the molecule is COc1cn2ccnc2cc1-c1cc2c(cc1C(F)F)N(c1nn(C3CCN(C4CN(c5cccc(N6CCC(=O)NC6=O)c5C)C4)CC3)c3c1CN(C(C)=O)CC3)CCC2. The van der Waals surface area contributed by atoms with Crippen LogP contribution in [-0.2, 0) is 29.0 Å². The van der Waals surface area contributed by atoms with E-state index in [4.69, 9.17) is 9.84 Å². The van der Waals surface area contributed by atoms with Gasteiger partial charge in [-0.15, -0.1) is 0 Å². The lowest BCUT2D eigenvalue weighted by atomic mass is 9.91. The predicted octanol–water partition coefficient (Wildman–Crippen LogP) is 6.41. The van der Waals surface area contributed by atoms with Crippen molar-refractivity contribution >= 4 is 46.4 Å². The molecule has 0 unspecified atom stereocenters. The number of nitrogens with zero attached hydrogens (tertiary/aromatic N) is 9. The topological polar surface area (TPSA) is 124 Å².